The number of rotatable bonds is 3. The first-order chi connectivity index (χ1) is 10.6. The lowest BCUT2D eigenvalue weighted by atomic mass is 10.1. The summed E-state index contributed by atoms with van der Waals surface area (Å²) in [7, 11) is 0. The van der Waals surface area contributed by atoms with E-state index < -0.39 is 0 Å². The summed E-state index contributed by atoms with van der Waals surface area (Å²) in [6.07, 6.45) is 0. The molecule has 2 aromatic rings. The third kappa shape index (κ3) is 3.45. The van der Waals surface area contributed by atoms with Crippen LogP contribution in [0.3, 0.4) is 0 Å². The van der Waals surface area contributed by atoms with Gasteiger partial charge in [-0.1, -0.05) is 35.9 Å². The van der Waals surface area contributed by atoms with Crippen molar-refractivity contribution < 1.29 is 4.90 Å². The Bertz CT molecular complexity index is 646. The minimum Gasteiger partial charge on any atom is -0.360 e. The number of benzene rings is 2. The minimum atomic E-state index is 0.839. The van der Waals surface area contributed by atoms with E-state index in [0.29, 0.717) is 0 Å². The zero-order valence-electron chi connectivity index (χ0n) is 13.4. The fraction of sp³-hybridized carbons (Fsp3) is 0.368. The topological polar surface area (TPSA) is 7.68 Å². The van der Waals surface area contributed by atoms with Crippen molar-refractivity contribution in [2.24, 2.45) is 0 Å². The van der Waals surface area contributed by atoms with E-state index in [4.69, 9.17) is 11.6 Å². The number of nitrogens with zero attached hydrogens (tertiary/aromatic N) is 1. The molecule has 1 aliphatic heterocycles. The molecule has 1 N–H and O–H groups in total. The van der Waals surface area contributed by atoms with Gasteiger partial charge in [0, 0.05) is 16.3 Å². The monoisotopic (exact) mass is 315 g/mol. The molecule has 1 aliphatic rings. The molecule has 0 saturated carbocycles. The van der Waals surface area contributed by atoms with Crippen molar-refractivity contribution in [1.82, 2.24) is 0 Å². The molecule has 2 aromatic carbocycles. The van der Waals surface area contributed by atoms with Crippen molar-refractivity contribution in [2.45, 2.75) is 20.4 Å². The number of aryl methyl sites for hydroxylation is 1. The number of halogens is 1. The van der Waals surface area contributed by atoms with E-state index in [1.165, 1.54) is 35.5 Å². The molecule has 116 valence electrons. The number of hydrogen-bond donors (Lipinski definition) is 1. The summed E-state index contributed by atoms with van der Waals surface area (Å²) in [6.45, 7) is 10.1. The zero-order valence-corrected chi connectivity index (χ0v) is 14.2. The smallest absolute Gasteiger partial charge is 0.103 e. The second-order valence-corrected chi connectivity index (χ2v) is 6.70. The van der Waals surface area contributed by atoms with Crippen molar-refractivity contribution >= 4 is 17.3 Å². The Balaban J connectivity index is 1.62. The molecule has 0 atom stereocenters. The van der Waals surface area contributed by atoms with Crippen LogP contribution in [0.2, 0.25) is 5.02 Å². The van der Waals surface area contributed by atoms with Crippen LogP contribution < -0.4 is 9.80 Å². The van der Waals surface area contributed by atoms with Crippen LogP contribution in [0.25, 0.3) is 0 Å². The zero-order chi connectivity index (χ0) is 15.5. The molecule has 0 aliphatic carbocycles. The standard InChI is InChI=1S/C19H23ClN2/c1-15-5-3-8-19(16(15)2)22-11-9-21(10-12-22)14-17-6-4-7-18(20)13-17/h3-8,13H,9-12,14H2,1-2H3/p+1. The Morgan fingerprint density at radius 2 is 1.77 bits per heavy atom. The molecule has 1 heterocycles. The van der Waals surface area contributed by atoms with Gasteiger partial charge >= 0.3 is 0 Å². The predicted octanol–water partition coefficient (Wildman–Crippen LogP) is 2.86. The van der Waals surface area contributed by atoms with Crippen molar-refractivity contribution in [3.8, 4) is 0 Å². The van der Waals surface area contributed by atoms with E-state index in [2.05, 4.69) is 49.1 Å². The largest absolute Gasteiger partial charge is 0.360 e. The Labute approximate surface area is 138 Å². The third-order valence-electron chi connectivity index (χ3n) is 4.73. The first-order valence-electron chi connectivity index (χ1n) is 8.02. The van der Waals surface area contributed by atoms with Crippen LogP contribution >= 0.6 is 11.6 Å². The van der Waals surface area contributed by atoms with Crippen LogP contribution in [-0.4, -0.2) is 26.2 Å². The summed E-state index contributed by atoms with van der Waals surface area (Å²) in [5, 5.41) is 0.839. The highest BCUT2D eigenvalue weighted by Gasteiger charge is 2.21. The van der Waals surface area contributed by atoms with Gasteiger partial charge in [-0.2, -0.15) is 0 Å². The maximum Gasteiger partial charge on any atom is 0.103 e. The first kappa shape index (κ1) is 15.4. The van der Waals surface area contributed by atoms with E-state index in [1.54, 1.807) is 4.90 Å². The summed E-state index contributed by atoms with van der Waals surface area (Å²) in [5.74, 6) is 0. The number of piperazine rings is 1. The second-order valence-electron chi connectivity index (χ2n) is 6.26. The van der Waals surface area contributed by atoms with Crippen molar-refractivity contribution in [3.63, 3.8) is 0 Å². The van der Waals surface area contributed by atoms with E-state index in [9.17, 15) is 0 Å². The molecule has 1 saturated heterocycles. The van der Waals surface area contributed by atoms with Crippen LogP contribution in [0, 0.1) is 13.8 Å². The van der Waals surface area contributed by atoms with Gasteiger partial charge in [0.05, 0.1) is 26.2 Å². The molecule has 0 radical (unpaired) electrons. The SMILES string of the molecule is Cc1cccc(N2CC[NH+](Cc3cccc(Cl)c3)CC2)c1C. The summed E-state index contributed by atoms with van der Waals surface area (Å²) in [4.78, 5) is 4.17. The molecule has 2 nitrogen and oxygen atoms in total. The normalized spacial score (nSPS) is 16.0. The third-order valence-corrected chi connectivity index (χ3v) is 4.97. The molecule has 22 heavy (non-hydrogen) atoms. The maximum atomic E-state index is 6.08. The van der Waals surface area contributed by atoms with Crippen LogP contribution in [0.15, 0.2) is 42.5 Å². The van der Waals surface area contributed by atoms with Gasteiger partial charge in [0.2, 0.25) is 0 Å². The molecule has 0 aromatic heterocycles. The molecular weight excluding hydrogens is 292 g/mol. The fourth-order valence-electron chi connectivity index (χ4n) is 3.25. The molecule has 0 spiro atoms. The van der Waals surface area contributed by atoms with Crippen LogP contribution in [0.1, 0.15) is 16.7 Å². The van der Waals surface area contributed by atoms with Crippen LogP contribution in [-0.2, 0) is 6.54 Å². The van der Waals surface area contributed by atoms with Crippen molar-refractivity contribution in [1.29, 1.82) is 0 Å². The molecule has 3 rings (SSSR count). The number of anilines is 1. The Kier molecular flexibility index (Phi) is 4.70. The summed E-state index contributed by atoms with van der Waals surface area (Å²) in [5.41, 5.74) is 5.54. The molecule has 1 fully saturated rings. The van der Waals surface area contributed by atoms with Gasteiger partial charge in [0.1, 0.15) is 6.54 Å². The average Bonchev–Trinajstić information content (AvgIpc) is 2.51. The van der Waals surface area contributed by atoms with Crippen LogP contribution in [0.5, 0.6) is 0 Å². The van der Waals surface area contributed by atoms with E-state index >= 15 is 0 Å². The molecule has 0 bridgehead atoms. The lowest BCUT2D eigenvalue weighted by molar-refractivity contribution is -0.914. The van der Waals surface area contributed by atoms with Gasteiger partial charge in [0.15, 0.2) is 0 Å². The maximum absolute atomic E-state index is 6.08. The van der Waals surface area contributed by atoms with Gasteiger partial charge < -0.3 is 9.80 Å². The van der Waals surface area contributed by atoms with Crippen molar-refractivity contribution in [2.75, 3.05) is 31.1 Å². The second kappa shape index (κ2) is 6.72. The number of nitrogens with one attached hydrogen (secondary N) is 1. The molecule has 0 amide bonds. The predicted molar refractivity (Wildman–Crippen MR) is 94.0 cm³/mol. The first-order valence-corrected chi connectivity index (χ1v) is 8.40. The highest BCUT2D eigenvalue weighted by atomic mass is 35.5. The quantitative estimate of drug-likeness (QED) is 0.915. The van der Waals surface area contributed by atoms with Crippen LogP contribution in [0.4, 0.5) is 5.69 Å². The van der Waals surface area contributed by atoms with Gasteiger partial charge in [0.25, 0.3) is 0 Å². The summed E-state index contributed by atoms with van der Waals surface area (Å²) >= 11 is 6.08. The molecule has 3 heteroatoms. The summed E-state index contributed by atoms with van der Waals surface area (Å²) < 4.78 is 0. The highest BCUT2D eigenvalue weighted by molar-refractivity contribution is 6.30. The van der Waals surface area contributed by atoms with E-state index in [1.807, 2.05) is 12.1 Å². The van der Waals surface area contributed by atoms with E-state index in [-0.39, 0.29) is 0 Å². The highest BCUT2D eigenvalue weighted by Crippen LogP contribution is 2.22. The Morgan fingerprint density at radius 3 is 2.50 bits per heavy atom. The van der Waals surface area contributed by atoms with Gasteiger partial charge in [-0.05, 0) is 43.2 Å². The van der Waals surface area contributed by atoms with Crippen molar-refractivity contribution in [3.05, 3.63) is 64.2 Å². The molecular formula is C19H24ClN2+. The Hall–Kier alpha value is -1.51. The van der Waals surface area contributed by atoms with Gasteiger partial charge in [-0.25, -0.2) is 0 Å². The lowest BCUT2D eigenvalue weighted by Gasteiger charge is -2.34. The fourth-order valence-corrected chi connectivity index (χ4v) is 3.47. The lowest BCUT2D eigenvalue weighted by Crippen LogP contribution is -3.13. The van der Waals surface area contributed by atoms with Gasteiger partial charge in [-0.3, -0.25) is 0 Å². The summed E-state index contributed by atoms with van der Waals surface area (Å²) in [6, 6.07) is 14.9. The number of hydrogen-bond acceptors (Lipinski definition) is 1. The molecule has 0 unspecified atom stereocenters. The Morgan fingerprint density at radius 1 is 1.05 bits per heavy atom. The number of quaternary nitrogens is 1. The van der Waals surface area contributed by atoms with E-state index in [0.717, 1.165) is 24.7 Å². The van der Waals surface area contributed by atoms with Gasteiger partial charge in [-0.15, -0.1) is 0 Å². The average molecular weight is 316 g/mol. The minimum absolute atomic E-state index is 0.839.